The summed E-state index contributed by atoms with van der Waals surface area (Å²) in [4.78, 5) is 40.4. The van der Waals surface area contributed by atoms with Crippen molar-refractivity contribution in [3.05, 3.63) is 92.0 Å². The molecule has 196 valence electrons. The van der Waals surface area contributed by atoms with Crippen LogP contribution >= 0.6 is 11.3 Å². The summed E-state index contributed by atoms with van der Waals surface area (Å²) < 4.78 is 8.93. The van der Waals surface area contributed by atoms with Crippen LogP contribution in [0.1, 0.15) is 26.3 Å². The van der Waals surface area contributed by atoms with Gasteiger partial charge in [0.25, 0.3) is 5.56 Å². The Morgan fingerprint density at radius 3 is 2.29 bits per heavy atom. The number of rotatable bonds is 9. The number of benzene rings is 2. The molecule has 0 atom stereocenters. The Bertz CT molecular complexity index is 1580. The summed E-state index contributed by atoms with van der Waals surface area (Å²) in [7, 11) is 0. The molecule has 0 radical (unpaired) electrons. The number of nitrogens with zero attached hydrogens (tertiary/aromatic N) is 4. The molecule has 0 N–H and O–H groups in total. The lowest BCUT2D eigenvalue weighted by molar-refractivity contribution is -0.135. The maximum atomic E-state index is 13.6. The van der Waals surface area contributed by atoms with Crippen molar-refractivity contribution in [2.24, 2.45) is 0 Å². The average molecular weight is 531 g/mol. The molecule has 0 aliphatic carbocycles. The SMILES string of the molecule is CCOC(=O)/C=c1/s/c(=C\c2cn(-c3ccccc3)nc2-c2ccccc2)c(=O)n1CC(=O)N(CC)CC. The fourth-order valence-electron chi connectivity index (χ4n) is 4.06. The molecule has 0 unspecified atom stereocenters. The third-order valence-electron chi connectivity index (χ3n) is 5.97. The van der Waals surface area contributed by atoms with Gasteiger partial charge in [-0.25, -0.2) is 9.48 Å². The smallest absolute Gasteiger partial charge is 0.333 e. The summed E-state index contributed by atoms with van der Waals surface area (Å²) >= 11 is 1.14. The van der Waals surface area contributed by atoms with Crippen molar-refractivity contribution in [3.63, 3.8) is 0 Å². The number of aromatic nitrogens is 3. The number of carbonyl (C=O) groups excluding carboxylic acids is 2. The van der Waals surface area contributed by atoms with Crippen molar-refractivity contribution in [2.45, 2.75) is 27.3 Å². The molecule has 0 spiro atoms. The van der Waals surface area contributed by atoms with E-state index in [-0.39, 0.29) is 24.6 Å². The molecule has 9 heteroatoms. The zero-order valence-corrected chi connectivity index (χ0v) is 22.5. The molecule has 2 heterocycles. The van der Waals surface area contributed by atoms with Crippen LogP contribution in [0.5, 0.6) is 0 Å². The van der Waals surface area contributed by atoms with Gasteiger partial charge in [0.15, 0.2) is 0 Å². The Kier molecular flexibility index (Phi) is 8.70. The van der Waals surface area contributed by atoms with Crippen LogP contribution in [-0.4, -0.2) is 50.8 Å². The highest BCUT2D eigenvalue weighted by molar-refractivity contribution is 7.07. The van der Waals surface area contributed by atoms with Crippen LogP contribution in [-0.2, 0) is 20.9 Å². The van der Waals surface area contributed by atoms with E-state index < -0.39 is 5.97 Å². The van der Waals surface area contributed by atoms with Gasteiger partial charge >= 0.3 is 5.97 Å². The van der Waals surface area contributed by atoms with Crippen LogP contribution in [0.4, 0.5) is 0 Å². The third kappa shape index (κ3) is 6.00. The highest BCUT2D eigenvalue weighted by Crippen LogP contribution is 2.24. The molecule has 0 aliphatic heterocycles. The monoisotopic (exact) mass is 530 g/mol. The fourth-order valence-corrected chi connectivity index (χ4v) is 5.08. The quantitative estimate of drug-likeness (QED) is 0.311. The van der Waals surface area contributed by atoms with Crippen LogP contribution in [0.25, 0.3) is 29.1 Å². The largest absolute Gasteiger partial charge is 0.463 e. The van der Waals surface area contributed by atoms with Crippen molar-refractivity contribution < 1.29 is 14.3 Å². The molecule has 0 aliphatic rings. The topological polar surface area (TPSA) is 86.4 Å². The van der Waals surface area contributed by atoms with Gasteiger partial charge in [-0.3, -0.25) is 14.2 Å². The first kappa shape index (κ1) is 26.8. The number of thiazole rings is 1. The molecule has 2 aromatic heterocycles. The molecule has 2 aromatic carbocycles. The van der Waals surface area contributed by atoms with E-state index >= 15 is 0 Å². The number of hydrogen-bond acceptors (Lipinski definition) is 6. The maximum Gasteiger partial charge on any atom is 0.333 e. The predicted octanol–water partition coefficient (Wildman–Crippen LogP) is 2.80. The Balaban J connectivity index is 1.89. The molecule has 0 saturated heterocycles. The summed E-state index contributed by atoms with van der Waals surface area (Å²) in [6.45, 7) is 6.60. The minimum Gasteiger partial charge on any atom is -0.463 e. The van der Waals surface area contributed by atoms with Crippen LogP contribution < -0.4 is 14.8 Å². The van der Waals surface area contributed by atoms with E-state index in [1.165, 1.54) is 10.6 Å². The van der Waals surface area contributed by atoms with Gasteiger partial charge in [0.05, 0.1) is 28.6 Å². The highest BCUT2D eigenvalue weighted by atomic mass is 32.1. The number of esters is 1. The lowest BCUT2D eigenvalue weighted by Crippen LogP contribution is -2.40. The molecule has 4 rings (SSSR count). The minimum absolute atomic E-state index is 0.162. The van der Waals surface area contributed by atoms with E-state index in [0.29, 0.717) is 28.0 Å². The minimum atomic E-state index is -0.564. The highest BCUT2D eigenvalue weighted by Gasteiger charge is 2.16. The lowest BCUT2D eigenvalue weighted by Gasteiger charge is -2.18. The van der Waals surface area contributed by atoms with Crippen molar-refractivity contribution in [2.75, 3.05) is 19.7 Å². The van der Waals surface area contributed by atoms with Gasteiger partial charge in [0, 0.05) is 30.4 Å². The van der Waals surface area contributed by atoms with Crippen molar-refractivity contribution in [3.8, 4) is 16.9 Å². The standard InChI is InChI=1S/C29H30N4O4S/c1-4-31(5-2)25(34)20-32-26(18-27(35)37-6-3)38-24(29(32)36)17-22-19-33(23-15-11-8-12-16-23)30-28(22)21-13-9-7-10-14-21/h7-19H,4-6,20H2,1-3H3/b24-17-,26-18+. The Morgan fingerprint density at radius 1 is 1.00 bits per heavy atom. The molecular weight excluding hydrogens is 500 g/mol. The van der Waals surface area contributed by atoms with Crippen LogP contribution in [0.3, 0.4) is 0 Å². The van der Waals surface area contributed by atoms with Gasteiger partial charge in [-0.05, 0) is 39.0 Å². The second-order valence-electron chi connectivity index (χ2n) is 8.38. The lowest BCUT2D eigenvalue weighted by atomic mass is 10.1. The van der Waals surface area contributed by atoms with Crippen molar-refractivity contribution in [1.29, 1.82) is 0 Å². The van der Waals surface area contributed by atoms with E-state index in [4.69, 9.17) is 9.84 Å². The van der Waals surface area contributed by atoms with Crippen LogP contribution in [0, 0.1) is 0 Å². The van der Waals surface area contributed by atoms with Gasteiger partial charge in [-0.2, -0.15) is 5.10 Å². The normalized spacial score (nSPS) is 12.1. The van der Waals surface area contributed by atoms with Gasteiger partial charge in [0.1, 0.15) is 11.2 Å². The molecule has 0 bridgehead atoms. The molecule has 4 aromatic rings. The van der Waals surface area contributed by atoms with E-state index in [0.717, 1.165) is 28.2 Å². The number of amides is 1. The van der Waals surface area contributed by atoms with Gasteiger partial charge in [-0.15, -0.1) is 11.3 Å². The molecular formula is C29H30N4O4S. The summed E-state index contributed by atoms with van der Waals surface area (Å²) in [6.07, 6.45) is 4.91. The number of likely N-dealkylation sites (N-methyl/N-ethyl adjacent to an activating group) is 1. The molecule has 1 amide bonds. The summed E-state index contributed by atoms with van der Waals surface area (Å²) in [5, 5.41) is 4.81. The first-order valence-corrected chi connectivity index (χ1v) is 13.3. The summed E-state index contributed by atoms with van der Waals surface area (Å²) in [5.41, 5.74) is 2.89. The summed E-state index contributed by atoms with van der Waals surface area (Å²) in [5.74, 6) is -0.756. The van der Waals surface area contributed by atoms with E-state index in [9.17, 15) is 14.4 Å². The molecule has 8 nitrogen and oxygen atoms in total. The van der Waals surface area contributed by atoms with Crippen molar-refractivity contribution >= 4 is 35.4 Å². The molecule has 38 heavy (non-hydrogen) atoms. The zero-order chi connectivity index (χ0) is 27.1. The van der Waals surface area contributed by atoms with E-state index in [1.54, 1.807) is 22.6 Å². The van der Waals surface area contributed by atoms with Gasteiger partial charge in [-0.1, -0.05) is 48.5 Å². The number of hydrogen-bond donors (Lipinski definition) is 0. The average Bonchev–Trinajstić information content (AvgIpc) is 3.47. The first-order valence-electron chi connectivity index (χ1n) is 12.5. The maximum absolute atomic E-state index is 13.6. The summed E-state index contributed by atoms with van der Waals surface area (Å²) in [6, 6.07) is 19.4. The molecule has 0 saturated carbocycles. The third-order valence-corrected chi connectivity index (χ3v) is 7.03. The Morgan fingerprint density at radius 2 is 1.66 bits per heavy atom. The predicted molar refractivity (Wildman–Crippen MR) is 149 cm³/mol. The number of para-hydroxylation sites is 1. The first-order chi connectivity index (χ1) is 18.4. The second kappa shape index (κ2) is 12.3. The van der Waals surface area contributed by atoms with Crippen LogP contribution in [0.2, 0.25) is 0 Å². The van der Waals surface area contributed by atoms with Gasteiger partial charge in [0.2, 0.25) is 5.91 Å². The van der Waals surface area contributed by atoms with Gasteiger partial charge < -0.3 is 9.64 Å². The Labute approximate surface area is 224 Å². The Hall–Kier alpha value is -4.24. The number of ether oxygens (including phenoxy) is 1. The zero-order valence-electron chi connectivity index (χ0n) is 21.7. The van der Waals surface area contributed by atoms with E-state index in [1.807, 2.05) is 80.7 Å². The molecule has 0 fully saturated rings. The second-order valence-corrected chi connectivity index (χ2v) is 9.44. The van der Waals surface area contributed by atoms with Crippen LogP contribution in [0.15, 0.2) is 71.7 Å². The van der Waals surface area contributed by atoms with Crippen molar-refractivity contribution in [1.82, 2.24) is 19.2 Å². The fraction of sp³-hybridized carbons (Fsp3) is 0.241. The van der Waals surface area contributed by atoms with E-state index in [2.05, 4.69) is 0 Å². The number of carbonyl (C=O) groups is 2.